The molecule has 0 saturated heterocycles. The van der Waals surface area contributed by atoms with E-state index >= 15 is 0 Å². The maximum Gasteiger partial charge on any atom is 0.340 e. The molecule has 0 saturated carbocycles. The molecule has 0 bridgehead atoms. The normalized spacial score (nSPS) is 11.6. The number of hydrogen-bond acceptors (Lipinski definition) is 4. The summed E-state index contributed by atoms with van der Waals surface area (Å²) in [6, 6.07) is 12.5. The van der Waals surface area contributed by atoms with E-state index in [1.165, 1.54) is 36.9 Å². The molecule has 1 atom stereocenters. The fourth-order valence-corrected chi connectivity index (χ4v) is 2.49. The average Bonchev–Trinajstić information content (AvgIpc) is 2.54. The Kier molecular flexibility index (Phi) is 5.76. The van der Waals surface area contributed by atoms with Crippen LogP contribution in [0.2, 0.25) is 0 Å². The highest BCUT2D eigenvalue weighted by Crippen LogP contribution is 2.21. The second-order valence-electron chi connectivity index (χ2n) is 4.75. The van der Waals surface area contributed by atoms with Crippen molar-refractivity contribution < 1.29 is 18.7 Å². The maximum absolute atomic E-state index is 13.1. The predicted molar refractivity (Wildman–Crippen MR) is 88.1 cm³/mol. The summed E-state index contributed by atoms with van der Waals surface area (Å²) < 4.78 is 18.3. The molecule has 2 rings (SSSR count). The van der Waals surface area contributed by atoms with Crippen LogP contribution in [0.1, 0.15) is 17.3 Å². The Labute approximate surface area is 138 Å². The van der Waals surface area contributed by atoms with Crippen LogP contribution in [0, 0.1) is 5.82 Å². The lowest BCUT2D eigenvalue weighted by Crippen LogP contribution is -2.30. The van der Waals surface area contributed by atoms with Crippen molar-refractivity contribution in [2.75, 3.05) is 11.6 Å². The van der Waals surface area contributed by atoms with E-state index in [0.29, 0.717) is 11.3 Å². The first-order valence-corrected chi connectivity index (χ1v) is 8.14. The van der Waals surface area contributed by atoms with Gasteiger partial charge in [-0.05, 0) is 43.5 Å². The van der Waals surface area contributed by atoms with Gasteiger partial charge in [0, 0.05) is 10.6 Å². The molecule has 0 aromatic heterocycles. The van der Waals surface area contributed by atoms with Gasteiger partial charge in [-0.25, -0.2) is 9.18 Å². The molecule has 2 aromatic rings. The van der Waals surface area contributed by atoms with Gasteiger partial charge in [-0.3, -0.25) is 4.79 Å². The van der Waals surface area contributed by atoms with Crippen molar-refractivity contribution in [3.63, 3.8) is 0 Å². The van der Waals surface area contributed by atoms with Crippen molar-refractivity contribution in [1.29, 1.82) is 0 Å². The number of anilines is 1. The third-order valence-electron chi connectivity index (χ3n) is 3.07. The summed E-state index contributed by atoms with van der Waals surface area (Å²) in [5.41, 5.74) is 0.716. The summed E-state index contributed by atoms with van der Waals surface area (Å²) in [5, 5.41) is 2.51. The lowest BCUT2D eigenvalue weighted by atomic mass is 10.2. The molecule has 4 nitrogen and oxygen atoms in total. The van der Waals surface area contributed by atoms with E-state index in [0.717, 1.165) is 4.90 Å². The minimum atomic E-state index is -0.999. The zero-order chi connectivity index (χ0) is 16.8. The standard InChI is InChI=1S/C17H16FNO3S/c1-11(16(20)19-13-7-5-6-12(18)10-13)22-17(21)14-8-3-4-9-15(14)23-2/h3-11H,1-2H3,(H,19,20)/t11-/m0/s1. The molecule has 2 aromatic carbocycles. The van der Waals surface area contributed by atoms with Crippen LogP contribution >= 0.6 is 11.8 Å². The van der Waals surface area contributed by atoms with E-state index in [9.17, 15) is 14.0 Å². The highest BCUT2D eigenvalue weighted by Gasteiger charge is 2.20. The van der Waals surface area contributed by atoms with Crippen LogP contribution in [-0.2, 0) is 9.53 Å². The Hall–Kier alpha value is -2.34. The average molecular weight is 333 g/mol. The van der Waals surface area contributed by atoms with Gasteiger partial charge in [-0.2, -0.15) is 0 Å². The van der Waals surface area contributed by atoms with Gasteiger partial charge in [-0.1, -0.05) is 18.2 Å². The van der Waals surface area contributed by atoms with Gasteiger partial charge in [0.15, 0.2) is 6.10 Å². The number of nitrogens with one attached hydrogen (secondary N) is 1. The number of carbonyl (C=O) groups excluding carboxylic acids is 2. The van der Waals surface area contributed by atoms with Gasteiger partial charge < -0.3 is 10.1 Å². The number of carbonyl (C=O) groups is 2. The summed E-state index contributed by atoms with van der Waals surface area (Å²) in [4.78, 5) is 25.0. The molecule has 1 N–H and O–H groups in total. The van der Waals surface area contributed by atoms with E-state index in [-0.39, 0.29) is 0 Å². The van der Waals surface area contributed by atoms with Crippen LogP contribution in [0.3, 0.4) is 0 Å². The van der Waals surface area contributed by atoms with E-state index in [1.54, 1.807) is 24.3 Å². The first-order valence-electron chi connectivity index (χ1n) is 6.91. The Morgan fingerprint density at radius 2 is 1.91 bits per heavy atom. The summed E-state index contributed by atoms with van der Waals surface area (Å²) in [6.07, 6.45) is 0.854. The molecule has 0 heterocycles. The molecule has 0 aliphatic carbocycles. The fourth-order valence-electron chi connectivity index (χ4n) is 1.90. The molecule has 6 heteroatoms. The Morgan fingerprint density at radius 3 is 2.61 bits per heavy atom. The van der Waals surface area contributed by atoms with Crippen LogP contribution < -0.4 is 5.32 Å². The molecule has 1 amide bonds. The number of thioether (sulfide) groups is 1. The number of esters is 1. The second kappa shape index (κ2) is 7.78. The van der Waals surface area contributed by atoms with E-state index < -0.39 is 23.8 Å². The number of rotatable bonds is 5. The van der Waals surface area contributed by atoms with E-state index in [4.69, 9.17) is 4.74 Å². The predicted octanol–water partition coefficient (Wildman–Crippen LogP) is 3.73. The van der Waals surface area contributed by atoms with Crippen molar-refractivity contribution in [3.05, 3.63) is 59.9 Å². The van der Waals surface area contributed by atoms with Crippen molar-refractivity contribution in [1.82, 2.24) is 0 Å². The number of benzene rings is 2. The van der Waals surface area contributed by atoms with Gasteiger partial charge in [0.05, 0.1) is 5.56 Å². The largest absolute Gasteiger partial charge is 0.449 e. The van der Waals surface area contributed by atoms with Crippen LogP contribution in [0.15, 0.2) is 53.4 Å². The molecule has 0 aliphatic rings. The van der Waals surface area contributed by atoms with Crippen molar-refractivity contribution in [2.45, 2.75) is 17.9 Å². The zero-order valence-corrected chi connectivity index (χ0v) is 13.5. The highest BCUT2D eigenvalue weighted by atomic mass is 32.2. The Morgan fingerprint density at radius 1 is 1.17 bits per heavy atom. The molecular formula is C17H16FNO3S. The molecule has 23 heavy (non-hydrogen) atoms. The fraction of sp³-hybridized carbons (Fsp3) is 0.176. The van der Waals surface area contributed by atoms with Crippen LogP contribution in [0.5, 0.6) is 0 Å². The number of hydrogen-bond donors (Lipinski definition) is 1. The molecule has 120 valence electrons. The monoisotopic (exact) mass is 333 g/mol. The van der Waals surface area contributed by atoms with Gasteiger partial charge in [-0.15, -0.1) is 11.8 Å². The molecule has 0 spiro atoms. The lowest BCUT2D eigenvalue weighted by Gasteiger charge is -2.14. The third-order valence-corrected chi connectivity index (χ3v) is 3.87. The minimum Gasteiger partial charge on any atom is -0.449 e. The number of amides is 1. The number of halogens is 1. The Balaban J connectivity index is 2.01. The summed E-state index contributed by atoms with van der Waals surface area (Å²) in [5.74, 6) is -1.55. The highest BCUT2D eigenvalue weighted by molar-refractivity contribution is 7.98. The van der Waals surface area contributed by atoms with Gasteiger partial charge >= 0.3 is 5.97 Å². The summed E-state index contributed by atoms with van der Waals surface area (Å²) in [7, 11) is 0. The minimum absolute atomic E-state index is 0.308. The van der Waals surface area contributed by atoms with Crippen LogP contribution in [-0.4, -0.2) is 24.2 Å². The zero-order valence-electron chi connectivity index (χ0n) is 12.7. The van der Waals surface area contributed by atoms with Crippen LogP contribution in [0.25, 0.3) is 0 Å². The molecule has 0 fully saturated rings. The quantitative estimate of drug-likeness (QED) is 0.669. The topological polar surface area (TPSA) is 55.4 Å². The lowest BCUT2D eigenvalue weighted by molar-refractivity contribution is -0.123. The smallest absolute Gasteiger partial charge is 0.340 e. The van der Waals surface area contributed by atoms with E-state index in [2.05, 4.69) is 5.32 Å². The van der Waals surface area contributed by atoms with Gasteiger partial charge in [0.1, 0.15) is 5.82 Å². The van der Waals surface area contributed by atoms with Crippen molar-refractivity contribution in [3.8, 4) is 0 Å². The van der Waals surface area contributed by atoms with Crippen molar-refractivity contribution >= 4 is 29.3 Å². The van der Waals surface area contributed by atoms with E-state index in [1.807, 2.05) is 12.3 Å². The summed E-state index contributed by atoms with van der Waals surface area (Å²) in [6.45, 7) is 1.47. The summed E-state index contributed by atoms with van der Waals surface area (Å²) >= 11 is 1.42. The first kappa shape index (κ1) is 17.0. The number of ether oxygens (including phenoxy) is 1. The maximum atomic E-state index is 13.1. The van der Waals surface area contributed by atoms with Gasteiger partial charge in [0.25, 0.3) is 5.91 Å². The first-order chi connectivity index (χ1) is 11.0. The molecule has 0 radical (unpaired) electrons. The van der Waals surface area contributed by atoms with Crippen LogP contribution in [0.4, 0.5) is 10.1 Å². The third kappa shape index (κ3) is 4.56. The second-order valence-corrected chi connectivity index (χ2v) is 5.60. The van der Waals surface area contributed by atoms with Crippen molar-refractivity contribution in [2.24, 2.45) is 0 Å². The van der Waals surface area contributed by atoms with Gasteiger partial charge in [0.2, 0.25) is 0 Å². The Bertz CT molecular complexity index is 720. The molecule has 0 unspecified atom stereocenters. The SMILES string of the molecule is CSc1ccccc1C(=O)O[C@@H](C)C(=O)Nc1cccc(F)c1. The molecular weight excluding hydrogens is 317 g/mol. The molecule has 0 aliphatic heterocycles.